The Labute approximate surface area is 291 Å². The molecule has 2 rings (SSSR count). The number of allylic oxidation sites excluding steroid dienone is 2. The number of cyclic esters (lactones) is 1. The lowest BCUT2D eigenvalue weighted by Gasteiger charge is -2.41. The molecular weight excluding hydrogens is 621 g/mol. The number of hydrogen-bond donors (Lipinski definition) is 1. The van der Waals surface area contributed by atoms with Crippen molar-refractivity contribution in [3.8, 4) is 0 Å². The summed E-state index contributed by atoms with van der Waals surface area (Å²) in [5.41, 5.74) is 0.499. The molecule has 0 aromatic heterocycles. The van der Waals surface area contributed by atoms with Crippen LogP contribution in [0.2, 0.25) is 36.3 Å². The van der Waals surface area contributed by atoms with Crippen LogP contribution in [-0.2, 0) is 23.1 Å². The van der Waals surface area contributed by atoms with Gasteiger partial charge < -0.3 is 23.4 Å². The molecule has 1 fully saturated rings. The van der Waals surface area contributed by atoms with E-state index in [2.05, 4.69) is 101 Å². The van der Waals surface area contributed by atoms with Gasteiger partial charge in [0.05, 0.1) is 23.9 Å². The summed E-state index contributed by atoms with van der Waals surface area (Å²) in [4.78, 5) is 12.7. The van der Waals surface area contributed by atoms with Gasteiger partial charge in [0.2, 0.25) is 0 Å². The van der Waals surface area contributed by atoms with Crippen LogP contribution in [-0.4, -0.2) is 63.8 Å². The van der Waals surface area contributed by atoms with E-state index in [9.17, 15) is 9.90 Å². The maximum atomic E-state index is 12.7. The van der Waals surface area contributed by atoms with Crippen molar-refractivity contribution in [2.45, 2.75) is 193 Å². The molecule has 0 amide bonds. The summed E-state index contributed by atoms with van der Waals surface area (Å²) >= 11 is 0. The summed E-state index contributed by atoms with van der Waals surface area (Å²) < 4.78 is 26.6. The fourth-order valence-corrected chi connectivity index (χ4v) is 11.3. The number of aliphatic hydroxyl groups excluding tert-OH is 1. The van der Waals surface area contributed by atoms with Gasteiger partial charge in [0, 0.05) is 30.8 Å². The standard InChI is InChI=1S/C39H72O6Si2/c1-14-33(44-46(12,13)38(8,9)10)31(7)37-34(42-37)28-39(11,45-47(15-2,16-3)17-4)27-21-22-29(5)36-30(6)25-26-32(40)23-19-18-20-24-35(41)43-36/h21-22,25-27,30-34,36-37,40H,14-20,23-24,28H2,1-13H3/b26-25+,27-21+,29-22+/t30-,31+,32+,33-,34+,36+,37+,39-/m0/s1. The van der Waals surface area contributed by atoms with Crippen molar-refractivity contribution in [2.75, 3.05) is 0 Å². The van der Waals surface area contributed by atoms with Crippen LogP contribution in [0.3, 0.4) is 0 Å². The smallest absolute Gasteiger partial charge is 0.306 e. The Morgan fingerprint density at radius 1 is 1.06 bits per heavy atom. The first-order valence-electron chi connectivity index (χ1n) is 18.8. The van der Waals surface area contributed by atoms with Crippen molar-refractivity contribution in [3.63, 3.8) is 0 Å². The summed E-state index contributed by atoms with van der Waals surface area (Å²) in [7, 11) is -3.84. The van der Waals surface area contributed by atoms with E-state index < -0.39 is 28.3 Å². The summed E-state index contributed by atoms with van der Waals surface area (Å²) in [6, 6.07) is 3.24. The highest BCUT2D eigenvalue weighted by Crippen LogP contribution is 2.44. The molecule has 47 heavy (non-hydrogen) atoms. The van der Waals surface area contributed by atoms with Crippen LogP contribution in [0, 0.1) is 11.8 Å². The van der Waals surface area contributed by atoms with Crippen LogP contribution in [0.1, 0.15) is 121 Å². The predicted molar refractivity (Wildman–Crippen MR) is 202 cm³/mol. The third-order valence-electron chi connectivity index (χ3n) is 11.4. The van der Waals surface area contributed by atoms with E-state index in [0.717, 1.165) is 62.2 Å². The first kappa shape index (κ1) is 42.1. The Hall–Kier alpha value is -1.04. The predicted octanol–water partition coefficient (Wildman–Crippen LogP) is 10.3. The monoisotopic (exact) mass is 692 g/mol. The van der Waals surface area contributed by atoms with Crippen LogP contribution in [0.25, 0.3) is 0 Å². The van der Waals surface area contributed by atoms with Crippen LogP contribution in [0.4, 0.5) is 0 Å². The zero-order chi connectivity index (χ0) is 35.6. The molecule has 1 saturated heterocycles. The Bertz CT molecular complexity index is 1050. The van der Waals surface area contributed by atoms with Crippen LogP contribution < -0.4 is 0 Å². The third kappa shape index (κ3) is 12.7. The number of ether oxygens (including phenoxy) is 2. The van der Waals surface area contributed by atoms with Crippen molar-refractivity contribution in [2.24, 2.45) is 11.8 Å². The quantitative estimate of drug-likeness (QED) is 0.0605. The first-order chi connectivity index (χ1) is 21.9. The Morgan fingerprint density at radius 3 is 2.28 bits per heavy atom. The molecule has 0 aromatic rings. The van der Waals surface area contributed by atoms with Gasteiger partial charge >= 0.3 is 5.97 Å². The lowest BCUT2D eigenvalue weighted by molar-refractivity contribution is -0.148. The van der Waals surface area contributed by atoms with Gasteiger partial charge in [0.25, 0.3) is 0 Å². The van der Waals surface area contributed by atoms with E-state index in [1.54, 1.807) is 0 Å². The molecule has 2 aliphatic rings. The average molecular weight is 693 g/mol. The van der Waals surface area contributed by atoms with Gasteiger partial charge in [-0.2, -0.15) is 0 Å². The van der Waals surface area contributed by atoms with Gasteiger partial charge in [-0.05, 0) is 74.9 Å². The van der Waals surface area contributed by atoms with Crippen molar-refractivity contribution >= 4 is 22.6 Å². The number of carbonyl (C=O) groups is 1. The zero-order valence-corrected chi connectivity index (χ0v) is 34.5. The molecule has 0 spiro atoms. The van der Waals surface area contributed by atoms with Crippen molar-refractivity contribution < 1.29 is 28.2 Å². The number of esters is 1. The van der Waals surface area contributed by atoms with Crippen LogP contribution >= 0.6 is 0 Å². The minimum Gasteiger partial charge on any atom is -0.457 e. The van der Waals surface area contributed by atoms with Gasteiger partial charge in [0.15, 0.2) is 16.6 Å². The third-order valence-corrected chi connectivity index (χ3v) is 20.7. The lowest BCUT2D eigenvalue weighted by atomic mass is 9.91. The molecule has 272 valence electrons. The molecule has 8 atom stereocenters. The van der Waals surface area contributed by atoms with Crippen molar-refractivity contribution in [3.05, 3.63) is 36.0 Å². The van der Waals surface area contributed by atoms with E-state index in [1.165, 1.54) is 0 Å². The van der Waals surface area contributed by atoms with Crippen LogP contribution in [0.5, 0.6) is 0 Å². The summed E-state index contributed by atoms with van der Waals surface area (Å²) in [5.74, 6) is 0.103. The lowest BCUT2D eigenvalue weighted by Crippen LogP contribution is -2.47. The van der Waals surface area contributed by atoms with E-state index in [-0.39, 0.29) is 41.3 Å². The molecular formula is C39H72O6Si2. The van der Waals surface area contributed by atoms with E-state index in [1.807, 2.05) is 19.1 Å². The fraction of sp³-hybridized carbons (Fsp3) is 0.821. The number of rotatable bonds is 15. The van der Waals surface area contributed by atoms with Gasteiger partial charge in [-0.1, -0.05) is 106 Å². The average Bonchev–Trinajstić information content (AvgIpc) is 3.76. The highest BCUT2D eigenvalue weighted by Gasteiger charge is 2.51. The Balaban J connectivity index is 2.31. The molecule has 2 heterocycles. The number of hydrogen-bond acceptors (Lipinski definition) is 6. The Kier molecular flexibility index (Phi) is 16.4. The van der Waals surface area contributed by atoms with Gasteiger partial charge in [-0.25, -0.2) is 0 Å². The number of carbonyl (C=O) groups excluding carboxylic acids is 1. The molecule has 1 N–H and O–H groups in total. The number of epoxide rings is 1. The molecule has 0 unspecified atom stereocenters. The van der Waals surface area contributed by atoms with Gasteiger partial charge in [0.1, 0.15) is 6.10 Å². The SMILES string of the molecule is CC[C@H](O[Si](C)(C)C(C)(C)C)[C@@H](C)[C@H]1O[C@@H]1C[C@](C)(/C=C/C=C(\C)[C@H]1OC(=O)CCCCC[C@@H](O)/C=C/[C@@H]1C)O[Si](CC)(CC)CC. The van der Waals surface area contributed by atoms with E-state index in [0.29, 0.717) is 12.3 Å². The normalized spacial score (nSPS) is 28.9. The second-order valence-corrected chi connectivity index (χ2v) is 25.7. The molecule has 0 radical (unpaired) electrons. The largest absolute Gasteiger partial charge is 0.457 e. The summed E-state index contributed by atoms with van der Waals surface area (Å²) in [6.07, 6.45) is 15.4. The molecule has 0 aliphatic carbocycles. The highest BCUT2D eigenvalue weighted by atomic mass is 28.4. The first-order valence-corrected chi connectivity index (χ1v) is 24.3. The van der Waals surface area contributed by atoms with Crippen molar-refractivity contribution in [1.29, 1.82) is 0 Å². The van der Waals surface area contributed by atoms with Gasteiger partial charge in [-0.3, -0.25) is 4.79 Å². The topological polar surface area (TPSA) is 77.5 Å². The van der Waals surface area contributed by atoms with Crippen molar-refractivity contribution in [1.82, 2.24) is 0 Å². The molecule has 0 aromatic carbocycles. The van der Waals surface area contributed by atoms with E-state index in [4.69, 9.17) is 18.3 Å². The molecule has 8 heteroatoms. The fourth-order valence-electron chi connectivity index (χ4n) is 6.73. The van der Waals surface area contributed by atoms with Gasteiger partial charge in [-0.15, -0.1) is 0 Å². The second kappa shape index (κ2) is 18.3. The zero-order valence-electron chi connectivity index (χ0n) is 32.5. The maximum Gasteiger partial charge on any atom is 0.306 e. The summed E-state index contributed by atoms with van der Waals surface area (Å²) in [5, 5.41) is 10.6. The molecule has 6 nitrogen and oxygen atoms in total. The number of aliphatic hydroxyl groups is 1. The second-order valence-electron chi connectivity index (χ2n) is 16.3. The molecule has 2 aliphatic heterocycles. The van der Waals surface area contributed by atoms with Crippen LogP contribution in [0.15, 0.2) is 36.0 Å². The molecule has 0 bridgehead atoms. The maximum absolute atomic E-state index is 12.7. The molecule has 0 saturated carbocycles. The Morgan fingerprint density at radius 2 is 1.70 bits per heavy atom. The van der Waals surface area contributed by atoms with E-state index >= 15 is 0 Å². The minimum atomic E-state index is -1.94. The highest BCUT2D eigenvalue weighted by molar-refractivity contribution is 6.74. The summed E-state index contributed by atoms with van der Waals surface area (Å²) in [6.45, 7) is 29.3. The minimum absolute atomic E-state index is 0.0530.